The number of nitrogens with two attached hydrogens (primary N) is 1. The Labute approximate surface area is 109 Å². The molecule has 1 atom stereocenters. The topological polar surface area (TPSA) is 82.2 Å². The van der Waals surface area contributed by atoms with Crippen molar-refractivity contribution in [2.75, 3.05) is 13.1 Å². The number of amidine groups is 1. The second kappa shape index (κ2) is 6.07. The molecule has 0 aromatic rings. The highest BCUT2D eigenvalue weighted by Crippen LogP contribution is 2.26. The Morgan fingerprint density at radius 1 is 1.17 bits per heavy atom. The maximum atomic E-state index is 12.1. The molecule has 1 unspecified atom stereocenters. The van der Waals surface area contributed by atoms with Gasteiger partial charge in [-0.1, -0.05) is 19.3 Å². The normalized spacial score (nSPS) is 22.8. The van der Waals surface area contributed by atoms with E-state index in [0.717, 1.165) is 38.8 Å². The third kappa shape index (κ3) is 3.15. The first-order valence-corrected chi connectivity index (χ1v) is 7.08. The van der Waals surface area contributed by atoms with Crippen LogP contribution in [0.5, 0.6) is 0 Å². The van der Waals surface area contributed by atoms with E-state index in [1.165, 1.54) is 19.3 Å². The molecule has 0 aromatic carbocycles. The van der Waals surface area contributed by atoms with Crippen LogP contribution in [-0.2, 0) is 0 Å². The van der Waals surface area contributed by atoms with Gasteiger partial charge in [0, 0.05) is 13.1 Å². The predicted octanol–water partition coefficient (Wildman–Crippen LogP) is 1.68. The van der Waals surface area contributed by atoms with E-state index in [0.29, 0.717) is 5.92 Å². The van der Waals surface area contributed by atoms with E-state index in [1.54, 1.807) is 0 Å². The van der Waals surface area contributed by atoms with Gasteiger partial charge in [-0.2, -0.15) is 0 Å². The quantitative estimate of drug-likeness (QED) is 0.527. The summed E-state index contributed by atoms with van der Waals surface area (Å²) in [5.41, 5.74) is 5.66. The SMILES string of the molecule is N=C(N)C(NC(=O)N1CCCC1)C1CCCCC1. The number of urea groups is 1. The maximum absolute atomic E-state index is 12.1. The number of amides is 2. The summed E-state index contributed by atoms with van der Waals surface area (Å²) in [4.78, 5) is 13.9. The third-order valence-electron chi connectivity index (χ3n) is 4.13. The first-order valence-electron chi connectivity index (χ1n) is 7.08. The lowest BCUT2D eigenvalue weighted by Crippen LogP contribution is -2.52. The number of nitrogens with zero attached hydrogens (tertiary/aromatic N) is 1. The molecule has 2 rings (SSSR count). The van der Waals surface area contributed by atoms with Crippen molar-refractivity contribution in [3.63, 3.8) is 0 Å². The van der Waals surface area contributed by atoms with E-state index in [2.05, 4.69) is 5.32 Å². The third-order valence-corrected chi connectivity index (χ3v) is 4.13. The van der Waals surface area contributed by atoms with Gasteiger partial charge in [-0.05, 0) is 31.6 Å². The summed E-state index contributed by atoms with van der Waals surface area (Å²) in [6.45, 7) is 1.67. The molecule has 1 heterocycles. The molecule has 18 heavy (non-hydrogen) atoms. The van der Waals surface area contributed by atoms with E-state index in [4.69, 9.17) is 11.1 Å². The van der Waals surface area contributed by atoms with Crippen LogP contribution in [0.2, 0.25) is 0 Å². The zero-order valence-corrected chi connectivity index (χ0v) is 11.0. The van der Waals surface area contributed by atoms with Crippen LogP contribution in [-0.4, -0.2) is 35.9 Å². The highest BCUT2D eigenvalue weighted by molar-refractivity contribution is 5.88. The van der Waals surface area contributed by atoms with Gasteiger partial charge in [0.2, 0.25) is 0 Å². The summed E-state index contributed by atoms with van der Waals surface area (Å²) in [5, 5.41) is 10.7. The molecule has 1 saturated heterocycles. The molecule has 2 fully saturated rings. The van der Waals surface area contributed by atoms with Crippen LogP contribution < -0.4 is 11.1 Å². The summed E-state index contributed by atoms with van der Waals surface area (Å²) in [5.74, 6) is 0.456. The van der Waals surface area contributed by atoms with Gasteiger partial charge in [-0.3, -0.25) is 5.41 Å². The summed E-state index contributed by atoms with van der Waals surface area (Å²) in [6.07, 6.45) is 7.96. The number of hydrogen-bond donors (Lipinski definition) is 3. The van der Waals surface area contributed by atoms with Crippen molar-refractivity contribution < 1.29 is 4.79 Å². The average molecular weight is 252 g/mol. The lowest BCUT2D eigenvalue weighted by atomic mass is 9.83. The fourth-order valence-electron chi connectivity index (χ4n) is 3.06. The number of likely N-dealkylation sites (tertiary alicyclic amines) is 1. The molecule has 1 aliphatic heterocycles. The molecule has 2 amide bonds. The molecule has 0 aromatic heterocycles. The van der Waals surface area contributed by atoms with Crippen molar-refractivity contribution in [3.05, 3.63) is 0 Å². The van der Waals surface area contributed by atoms with Gasteiger partial charge < -0.3 is 16.0 Å². The maximum Gasteiger partial charge on any atom is 0.317 e. The molecule has 5 nitrogen and oxygen atoms in total. The minimum absolute atomic E-state index is 0.0433. The number of rotatable bonds is 3. The van der Waals surface area contributed by atoms with E-state index in [1.807, 2.05) is 4.90 Å². The Hall–Kier alpha value is -1.26. The lowest BCUT2D eigenvalue weighted by molar-refractivity contribution is 0.200. The van der Waals surface area contributed by atoms with Crippen molar-refractivity contribution in [3.8, 4) is 0 Å². The summed E-state index contributed by atoms with van der Waals surface area (Å²) >= 11 is 0. The smallest absolute Gasteiger partial charge is 0.317 e. The second-order valence-electron chi connectivity index (χ2n) is 5.47. The average Bonchev–Trinajstić information content (AvgIpc) is 2.90. The van der Waals surface area contributed by atoms with Crippen LogP contribution in [0.25, 0.3) is 0 Å². The lowest BCUT2D eigenvalue weighted by Gasteiger charge is -2.31. The monoisotopic (exact) mass is 252 g/mol. The molecule has 5 heteroatoms. The van der Waals surface area contributed by atoms with Crippen molar-refractivity contribution in [2.45, 2.75) is 51.0 Å². The van der Waals surface area contributed by atoms with Crippen molar-refractivity contribution in [2.24, 2.45) is 11.7 Å². The van der Waals surface area contributed by atoms with Crippen LogP contribution in [0.4, 0.5) is 4.79 Å². The summed E-state index contributed by atoms with van der Waals surface area (Å²) in [6, 6.07) is -0.309. The Balaban J connectivity index is 1.92. The van der Waals surface area contributed by atoms with E-state index < -0.39 is 0 Å². The molecule has 1 saturated carbocycles. The molecular formula is C13H24N4O. The van der Waals surface area contributed by atoms with Gasteiger partial charge in [0.1, 0.15) is 5.84 Å². The molecule has 0 bridgehead atoms. The minimum atomic E-state index is -0.265. The molecule has 102 valence electrons. The van der Waals surface area contributed by atoms with Crippen molar-refractivity contribution >= 4 is 11.9 Å². The van der Waals surface area contributed by atoms with Crippen LogP contribution >= 0.6 is 0 Å². The Morgan fingerprint density at radius 2 is 1.78 bits per heavy atom. The minimum Gasteiger partial charge on any atom is -0.386 e. The number of carbonyl (C=O) groups is 1. The Morgan fingerprint density at radius 3 is 2.33 bits per heavy atom. The Bertz CT molecular complexity index is 306. The summed E-state index contributed by atoms with van der Waals surface area (Å²) in [7, 11) is 0. The number of nitrogens with one attached hydrogen (secondary N) is 2. The largest absolute Gasteiger partial charge is 0.386 e. The fourth-order valence-corrected chi connectivity index (χ4v) is 3.06. The number of hydrogen-bond acceptors (Lipinski definition) is 2. The van der Waals surface area contributed by atoms with Gasteiger partial charge in [-0.25, -0.2) is 4.79 Å². The first kappa shape index (κ1) is 13.2. The van der Waals surface area contributed by atoms with Gasteiger partial charge >= 0.3 is 6.03 Å². The molecule has 2 aliphatic rings. The second-order valence-corrected chi connectivity index (χ2v) is 5.47. The zero-order chi connectivity index (χ0) is 13.0. The standard InChI is InChI=1S/C13H24N4O/c14-12(15)11(10-6-2-1-3-7-10)16-13(18)17-8-4-5-9-17/h10-11H,1-9H2,(H3,14,15)(H,16,18). The van der Waals surface area contributed by atoms with E-state index >= 15 is 0 Å². The van der Waals surface area contributed by atoms with Gasteiger partial charge in [0.15, 0.2) is 0 Å². The van der Waals surface area contributed by atoms with Gasteiger partial charge in [-0.15, -0.1) is 0 Å². The zero-order valence-electron chi connectivity index (χ0n) is 11.0. The van der Waals surface area contributed by atoms with E-state index in [9.17, 15) is 4.79 Å². The van der Waals surface area contributed by atoms with Crippen molar-refractivity contribution in [1.82, 2.24) is 10.2 Å². The highest BCUT2D eigenvalue weighted by atomic mass is 16.2. The molecule has 0 radical (unpaired) electrons. The van der Waals surface area contributed by atoms with Crippen LogP contribution in [0, 0.1) is 11.3 Å². The molecule has 4 N–H and O–H groups in total. The van der Waals surface area contributed by atoms with Crippen LogP contribution in [0.15, 0.2) is 0 Å². The van der Waals surface area contributed by atoms with Crippen LogP contribution in [0.1, 0.15) is 44.9 Å². The molecule has 0 spiro atoms. The van der Waals surface area contributed by atoms with E-state index in [-0.39, 0.29) is 17.9 Å². The Kier molecular flexibility index (Phi) is 4.44. The highest BCUT2D eigenvalue weighted by Gasteiger charge is 2.29. The predicted molar refractivity (Wildman–Crippen MR) is 71.6 cm³/mol. The van der Waals surface area contributed by atoms with Crippen molar-refractivity contribution in [1.29, 1.82) is 5.41 Å². The van der Waals surface area contributed by atoms with Crippen LogP contribution in [0.3, 0.4) is 0 Å². The van der Waals surface area contributed by atoms with Gasteiger partial charge in [0.05, 0.1) is 6.04 Å². The molecular weight excluding hydrogens is 228 g/mol. The summed E-state index contributed by atoms with van der Waals surface area (Å²) < 4.78 is 0. The fraction of sp³-hybridized carbons (Fsp3) is 0.846. The number of carbonyl (C=O) groups excluding carboxylic acids is 1. The van der Waals surface area contributed by atoms with Gasteiger partial charge in [0.25, 0.3) is 0 Å². The molecule has 1 aliphatic carbocycles. The first-order chi connectivity index (χ1) is 8.68.